The second-order valence-electron chi connectivity index (χ2n) is 5.06. The second-order valence-corrected chi connectivity index (χ2v) is 5.06. The summed E-state index contributed by atoms with van der Waals surface area (Å²) in [6, 6.07) is 2.09. The molecule has 6 heteroatoms. The first kappa shape index (κ1) is 12.3. The highest BCUT2D eigenvalue weighted by Crippen LogP contribution is 2.36. The minimum absolute atomic E-state index is 0.317. The van der Waals surface area contributed by atoms with E-state index in [9.17, 15) is 0 Å². The Morgan fingerprint density at radius 1 is 1.18 bits per heavy atom. The van der Waals surface area contributed by atoms with Crippen LogP contribution in [0.1, 0.15) is 27.7 Å². The van der Waals surface area contributed by atoms with Crippen molar-refractivity contribution in [2.75, 3.05) is 7.11 Å². The highest BCUT2D eigenvalue weighted by molar-refractivity contribution is 6.61. The fourth-order valence-electron chi connectivity index (χ4n) is 1.55. The van der Waals surface area contributed by atoms with Crippen molar-refractivity contribution in [2.45, 2.75) is 38.9 Å². The Morgan fingerprint density at radius 2 is 1.76 bits per heavy atom. The second kappa shape index (κ2) is 3.96. The van der Waals surface area contributed by atoms with E-state index in [0.717, 1.165) is 0 Å². The summed E-state index contributed by atoms with van der Waals surface area (Å²) in [5.74, 6) is 0. The zero-order chi connectivity index (χ0) is 12.7. The summed E-state index contributed by atoms with van der Waals surface area (Å²) in [7, 11) is 1.06. The highest BCUT2D eigenvalue weighted by Gasteiger charge is 2.52. The number of methoxy groups -OCH3 is 1. The van der Waals surface area contributed by atoms with Crippen LogP contribution >= 0.6 is 0 Å². The van der Waals surface area contributed by atoms with E-state index in [1.807, 2.05) is 27.7 Å². The lowest BCUT2D eigenvalue weighted by Gasteiger charge is -2.32. The van der Waals surface area contributed by atoms with Crippen LogP contribution in [0.3, 0.4) is 0 Å². The Bertz CT molecular complexity index is 407. The SMILES string of the molecule is COc1nccc(B2OC(C)(C)C(C)(C)O2)n1. The predicted molar refractivity (Wildman–Crippen MR) is 64.3 cm³/mol. The zero-order valence-corrected chi connectivity index (χ0v) is 10.9. The summed E-state index contributed by atoms with van der Waals surface area (Å²) in [5, 5.41) is 0. The normalized spacial score (nSPS) is 21.6. The maximum Gasteiger partial charge on any atom is 0.514 e. The van der Waals surface area contributed by atoms with Crippen molar-refractivity contribution in [3.8, 4) is 6.01 Å². The average Bonchev–Trinajstić information content (AvgIpc) is 2.48. The lowest BCUT2D eigenvalue weighted by atomic mass is 9.85. The minimum Gasteiger partial charge on any atom is -0.467 e. The van der Waals surface area contributed by atoms with Gasteiger partial charge in [0.25, 0.3) is 0 Å². The third-order valence-electron chi connectivity index (χ3n) is 3.33. The van der Waals surface area contributed by atoms with Crippen molar-refractivity contribution in [1.82, 2.24) is 9.97 Å². The molecule has 0 aliphatic carbocycles. The fraction of sp³-hybridized carbons (Fsp3) is 0.636. The van der Waals surface area contributed by atoms with E-state index in [1.165, 1.54) is 7.11 Å². The molecule has 0 spiro atoms. The molecular formula is C11H17BN2O3. The van der Waals surface area contributed by atoms with Crippen molar-refractivity contribution in [3.05, 3.63) is 12.3 Å². The summed E-state index contributed by atoms with van der Waals surface area (Å²) >= 11 is 0. The van der Waals surface area contributed by atoms with Gasteiger partial charge >= 0.3 is 13.1 Å². The van der Waals surface area contributed by atoms with Crippen LogP contribution in [0.5, 0.6) is 6.01 Å². The van der Waals surface area contributed by atoms with Gasteiger partial charge in [-0.3, -0.25) is 0 Å². The summed E-state index contributed by atoms with van der Waals surface area (Å²) < 4.78 is 16.7. The molecule has 17 heavy (non-hydrogen) atoms. The largest absolute Gasteiger partial charge is 0.514 e. The van der Waals surface area contributed by atoms with Gasteiger partial charge < -0.3 is 14.0 Å². The van der Waals surface area contributed by atoms with Gasteiger partial charge in [0, 0.05) is 6.20 Å². The smallest absolute Gasteiger partial charge is 0.467 e. The molecular weight excluding hydrogens is 219 g/mol. The molecule has 1 aliphatic rings. The van der Waals surface area contributed by atoms with E-state index in [-0.39, 0.29) is 11.2 Å². The van der Waals surface area contributed by atoms with Gasteiger partial charge in [0.15, 0.2) is 0 Å². The molecule has 0 unspecified atom stereocenters. The Hall–Kier alpha value is -1.14. The maximum atomic E-state index is 5.88. The van der Waals surface area contributed by atoms with Crippen LogP contribution in [0, 0.1) is 0 Å². The molecule has 1 saturated heterocycles. The number of nitrogens with zero attached hydrogens (tertiary/aromatic N) is 2. The van der Waals surface area contributed by atoms with Gasteiger partial charge in [0.2, 0.25) is 0 Å². The van der Waals surface area contributed by atoms with Crippen molar-refractivity contribution in [1.29, 1.82) is 0 Å². The molecule has 1 fully saturated rings. The number of aromatic nitrogens is 2. The van der Waals surface area contributed by atoms with Gasteiger partial charge in [0.05, 0.1) is 23.9 Å². The predicted octanol–water partition coefficient (Wildman–Crippen LogP) is 0.784. The maximum absolute atomic E-state index is 5.88. The number of rotatable bonds is 2. The molecule has 0 aromatic carbocycles. The zero-order valence-electron chi connectivity index (χ0n) is 10.9. The molecule has 0 atom stereocenters. The topological polar surface area (TPSA) is 53.5 Å². The van der Waals surface area contributed by atoms with Crippen LogP contribution in [0.25, 0.3) is 0 Å². The molecule has 5 nitrogen and oxygen atoms in total. The van der Waals surface area contributed by atoms with Gasteiger partial charge in [-0.25, -0.2) is 9.97 Å². The van der Waals surface area contributed by atoms with Gasteiger partial charge in [0.1, 0.15) is 0 Å². The molecule has 92 valence electrons. The third-order valence-corrected chi connectivity index (χ3v) is 3.33. The molecule has 1 aliphatic heterocycles. The van der Waals surface area contributed by atoms with Crippen LogP contribution < -0.4 is 10.3 Å². The summed E-state index contributed by atoms with van der Waals surface area (Å²) in [6.45, 7) is 8.02. The van der Waals surface area contributed by atoms with Crippen molar-refractivity contribution < 1.29 is 14.0 Å². The van der Waals surface area contributed by atoms with Gasteiger partial charge in [-0.05, 0) is 33.8 Å². The van der Waals surface area contributed by atoms with E-state index in [1.54, 1.807) is 12.3 Å². The van der Waals surface area contributed by atoms with Crippen LogP contribution in [-0.4, -0.2) is 35.4 Å². The van der Waals surface area contributed by atoms with Crippen molar-refractivity contribution in [2.24, 2.45) is 0 Å². The average molecular weight is 236 g/mol. The van der Waals surface area contributed by atoms with E-state index in [0.29, 0.717) is 11.6 Å². The van der Waals surface area contributed by atoms with E-state index in [4.69, 9.17) is 14.0 Å². The standard InChI is InChI=1S/C11H17BN2O3/c1-10(2)11(3,4)17-12(16-10)8-6-7-13-9(14-8)15-5/h6-7H,1-5H3. The molecule has 2 heterocycles. The quantitative estimate of drug-likeness (QED) is 0.710. The monoisotopic (exact) mass is 236 g/mol. The van der Waals surface area contributed by atoms with Gasteiger partial charge in [-0.2, -0.15) is 0 Å². The Kier molecular flexibility index (Phi) is 2.87. The first-order valence-corrected chi connectivity index (χ1v) is 5.58. The third kappa shape index (κ3) is 2.15. The van der Waals surface area contributed by atoms with E-state index >= 15 is 0 Å². The Morgan fingerprint density at radius 3 is 2.29 bits per heavy atom. The Labute approximate surface area is 102 Å². The summed E-state index contributed by atoms with van der Waals surface area (Å²) in [5.41, 5.74) is -0.0541. The molecule has 0 amide bonds. The summed E-state index contributed by atoms with van der Waals surface area (Å²) in [6.07, 6.45) is 1.63. The number of ether oxygens (including phenoxy) is 1. The van der Waals surface area contributed by atoms with Crippen LogP contribution in [-0.2, 0) is 9.31 Å². The molecule has 0 N–H and O–H groups in total. The highest BCUT2D eigenvalue weighted by atomic mass is 16.7. The van der Waals surface area contributed by atoms with Crippen LogP contribution in [0.2, 0.25) is 0 Å². The molecule has 1 aromatic rings. The molecule has 2 rings (SSSR count). The number of hydrogen-bond acceptors (Lipinski definition) is 5. The number of hydrogen-bond donors (Lipinski definition) is 0. The Balaban J connectivity index is 2.25. The molecule has 0 saturated carbocycles. The van der Waals surface area contributed by atoms with Crippen LogP contribution in [0.4, 0.5) is 0 Å². The first-order chi connectivity index (χ1) is 7.86. The summed E-state index contributed by atoms with van der Waals surface area (Å²) in [4.78, 5) is 8.18. The lowest BCUT2D eigenvalue weighted by Crippen LogP contribution is -2.41. The van der Waals surface area contributed by atoms with Gasteiger partial charge in [-0.15, -0.1) is 0 Å². The van der Waals surface area contributed by atoms with Gasteiger partial charge in [-0.1, -0.05) is 0 Å². The molecule has 0 bridgehead atoms. The molecule has 0 radical (unpaired) electrons. The minimum atomic E-state index is -0.475. The van der Waals surface area contributed by atoms with Crippen LogP contribution in [0.15, 0.2) is 12.3 Å². The van der Waals surface area contributed by atoms with E-state index < -0.39 is 7.12 Å². The van der Waals surface area contributed by atoms with Crippen molar-refractivity contribution >= 4 is 12.7 Å². The van der Waals surface area contributed by atoms with E-state index in [2.05, 4.69) is 9.97 Å². The van der Waals surface area contributed by atoms with Crippen molar-refractivity contribution in [3.63, 3.8) is 0 Å². The lowest BCUT2D eigenvalue weighted by molar-refractivity contribution is 0.00578. The first-order valence-electron chi connectivity index (χ1n) is 5.58. The molecule has 1 aromatic heterocycles. The fourth-order valence-corrected chi connectivity index (χ4v) is 1.55.